The van der Waals surface area contributed by atoms with Crippen LogP contribution in [-0.2, 0) is 9.53 Å². The second-order valence-corrected chi connectivity index (χ2v) is 4.14. The van der Waals surface area contributed by atoms with Gasteiger partial charge in [-0.1, -0.05) is 18.2 Å². The lowest BCUT2D eigenvalue weighted by Crippen LogP contribution is -2.31. The lowest BCUT2D eigenvalue weighted by molar-refractivity contribution is -0.136. The molecule has 0 aliphatic heterocycles. The Morgan fingerprint density at radius 1 is 1.39 bits per heavy atom. The van der Waals surface area contributed by atoms with E-state index in [2.05, 4.69) is 5.32 Å². The summed E-state index contributed by atoms with van der Waals surface area (Å²) in [7, 11) is 5.25. The Hall–Kier alpha value is -1.88. The Bertz CT molecular complexity index is 420. The van der Waals surface area contributed by atoms with E-state index in [4.69, 9.17) is 10.1 Å². The standard InChI is InChI=1S/C13H19N3O2/c1-16(2)9-8-15-12(13(17)18-3)10-6-4-5-7-11(10)14/h4-7,14-15H,8-9H2,1-3H3/b12-10-,14-11?. The largest absolute Gasteiger partial charge is 0.464 e. The van der Waals surface area contributed by atoms with Gasteiger partial charge in [0.2, 0.25) is 0 Å². The van der Waals surface area contributed by atoms with Crippen molar-refractivity contribution in [3.05, 3.63) is 35.6 Å². The summed E-state index contributed by atoms with van der Waals surface area (Å²) in [5.41, 5.74) is 1.20. The summed E-state index contributed by atoms with van der Waals surface area (Å²) in [4.78, 5) is 13.7. The first-order valence-corrected chi connectivity index (χ1v) is 5.71. The number of allylic oxidation sites excluding steroid dienone is 5. The van der Waals surface area contributed by atoms with Crippen LogP contribution in [0.4, 0.5) is 0 Å². The number of ether oxygens (including phenoxy) is 1. The predicted octanol–water partition coefficient (Wildman–Crippen LogP) is 0.710. The van der Waals surface area contributed by atoms with Crippen molar-refractivity contribution in [2.24, 2.45) is 0 Å². The lowest BCUT2D eigenvalue weighted by Gasteiger charge is -2.16. The van der Waals surface area contributed by atoms with Crippen molar-refractivity contribution in [1.29, 1.82) is 5.41 Å². The molecule has 0 bridgehead atoms. The highest BCUT2D eigenvalue weighted by Crippen LogP contribution is 2.12. The Kier molecular flexibility index (Phi) is 5.32. The molecule has 1 aliphatic rings. The van der Waals surface area contributed by atoms with Gasteiger partial charge in [-0.2, -0.15) is 0 Å². The van der Waals surface area contributed by atoms with Crippen molar-refractivity contribution in [2.45, 2.75) is 0 Å². The zero-order valence-electron chi connectivity index (χ0n) is 11.0. The summed E-state index contributed by atoms with van der Waals surface area (Å²) in [6.45, 7) is 1.41. The third-order valence-electron chi connectivity index (χ3n) is 2.45. The van der Waals surface area contributed by atoms with Crippen LogP contribution in [0.1, 0.15) is 0 Å². The fourth-order valence-electron chi connectivity index (χ4n) is 1.49. The third-order valence-corrected chi connectivity index (χ3v) is 2.45. The molecule has 0 aromatic heterocycles. The normalized spacial score (nSPS) is 17.0. The van der Waals surface area contributed by atoms with Gasteiger partial charge in [-0.3, -0.25) is 0 Å². The number of methoxy groups -OCH3 is 1. The van der Waals surface area contributed by atoms with Crippen LogP contribution in [0, 0.1) is 5.41 Å². The number of carbonyl (C=O) groups excluding carboxylic acids is 1. The number of nitrogens with one attached hydrogen (secondary N) is 2. The Labute approximate surface area is 107 Å². The van der Waals surface area contributed by atoms with Crippen molar-refractivity contribution in [3.63, 3.8) is 0 Å². The first-order chi connectivity index (χ1) is 8.56. The predicted molar refractivity (Wildman–Crippen MR) is 71.6 cm³/mol. The van der Waals surface area contributed by atoms with Crippen molar-refractivity contribution < 1.29 is 9.53 Å². The molecule has 18 heavy (non-hydrogen) atoms. The van der Waals surface area contributed by atoms with E-state index in [1.54, 1.807) is 24.3 Å². The van der Waals surface area contributed by atoms with Gasteiger partial charge in [0.05, 0.1) is 12.8 Å². The maximum Gasteiger partial charge on any atom is 0.354 e. The van der Waals surface area contributed by atoms with Gasteiger partial charge in [-0.25, -0.2) is 4.79 Å². The summed E-state index contributed by atoms with van der Waals surface area (Å²) in [5.74, 6) is -0.451. The molecule has 0 heterocycles. The molecule has 0 spiro atoms. The van der Waals surface area contributed by atoms with Gasteiger partial charge in [-0.15, -0.1) is 0 Å². The zero-order valence-corrected chi connectivity index (χ0v) is 11.0. The monoisotopic (exact) mass is 249 g/mol. The summed E-state index contributed by atoms with van der Waals surface area (Å²) in [6.07, 6.45) is 6.94. The van der Waals surface area contributed by atoms with Crippen LogP contribution in [0.5, 0.6) is 0 Å². The van der Waals surface area contributed by atoms with Gasteiger partial charge in [-0.05, 0) is 20.2 Å². The van der Waals surface area contributed by atoms with E-state index < -0.39 is 5.97 Å². The molecule has 0 aromatic rings. The molecule has 98 valence electrons. The number of carbonyl (C=O) groups is 1. The van der Waals surface area contributed by atoms with E-state index in [-0.39, 0.29) is 0 Å². The van der Waals surface area contributed by atoms with E-state index in [1.807, 2.05) is 19.0 Å². The molecule has 5 heteroatoms. The van der Waals surface area contributed by atoms with E-state index in [0.29, 0.717) is 23.5 Å². The number of nitrogens with zero attached hydrogens (tertiary/aromatic N) is 1. The number of likely N-dealkylation sites (N-methyl/N-ethyl adjacent to an activating group) is 1. The van der Waals surface area contributed by atoms with E-state index in [9.17, 15) is 4.79 Å². The minimum Gasteiger partial charge on any atom is -0.464 e. The molecule has 0 unspecified atom stereocenters. The van der Waals surface area contributed by atoms with Crippen LogP contribution < -0.4 is 5.32 Å². The van der Waals surface area contributed by atoms with Gasteiger partial charge < -0.3 is 20.4 Å². The molecule has 2 N–H and O–H groups in total. The summed E-state index contributed by atoms with van der Waals surface area (Å²) in [6, 6.07) is 0. The van der Waals surface area contributed by atoms with Crippen LogP contribution in [-0.4, -0.2) is 50.9 Å². The molecule has 1 rings (SSSR count). The van der Waals surface area contributed by atoms with Crippen LogP contribution in [0.25, 0.3) is 0 Å². The van der Waals surface area contributed by atoms with E-state index in [0.717, 1.165) is 6.54 Å². The smallest absolute Gasteiger partial charge is 0.354 e. The second-order valence-electron chi connectivity index (χ2n) is 4.14. The van der Waals surface area contributed by atoms with Crippen molar-refractivity contribution >= 4 is 11.7 Å². The maximum atomic E-state index is 11.7. The van der Waals surface area contributed by atoms with Gasteiger partial charge in [0.15, 0.2) is 0 Å². The summed E-state index contributed by atoms with van der Waals surface area (Å²) in [5, 5.41) is 10.8. The van der Waals surface area contributed by atoms with Gasteiger partial charge in [0, 0.05) is 18.7 Å². The molecule has 0 saturated heterocycles. The molecule has 0 fully saturated rings. The van der Waals surface area contributed by atoms with E-state index >= 15 is 0 Å². The average molecular weight is 249 g/mol. The molecule has 0 aromatic carbocycles. The van der Waals surface area contributed by atoms with Crippen molar-refractivity contribution in [2.75, 3.05) is 34.3 Å². The zero-order chi connectivity index (χ0) is 13.5. The molecule has 1 aliphatic carbocycles. The fourth-order valence-corrected chi connectivity index (χ4v) is 1.49. The molecule has 0 radical (unpaired) electrons. The number of hydrogen-bond acceptors (Lipinski definition) is 5. The Balaban J connectivity index is 2.87. The highest BCUT2D eigenvalue weighted by molar-refractivity contribution is 6.13. The highest BCUT2D eigenvalue weighted by atomic mass is 16.5. The Morgan fingerprint density at radius 2 is 2.06 bits per heavy atom. The quantitative estimate of drug-likeness (QED) is 0.556. The lowest BCUT2D eigenvalue weighted by atomic mass is 10.0. The topological polar surface area (TPSA) is 65.4 Å². The maximum absolute atomic E-state index is 11.7. The van der Waals surface area contributed by atoms with Crippen LogP contribution in [0.3, 0.4) is 0 Å². The summed E-state index contributed by atoms with van der Waals surface area (Å²) >= 11 is 0. The SMILES string of the molecule is COC(=O)/C(NCCN(C)C)=C1\C=CC=CC1=N. The van der Waals surface area contributed by atoms with Crippen LogP contribution in [0.2, 0.25) is 0 Å². The van der Waals surface area contributed by atoms with E-state index in [1.165, 1.54) is 7.11 Å². The van der Waals surface area contributed by atoms with Crippen molar-refractivity contribution in [1.82, 2.24) is 10.2 Å². The molecule has 0 saturated carbocycles. The second kappa shape index (κ2) is 6.76. The number of rotatable bonds is 5. The highest BCUT2D eigenvalue weighted by Gasteiger charge is 2.17. The molecular formula is C13H19N3O2. The van der Waals surface area contributed by atoms with Gasteiger partial charge in [0.25, 0.3) is 0 Å². The fraction of sp³-hybridized carbons (Fsp3) is 0.385. The molecule has 0 atom stereocenters. The van der Waals surface area contributed by atoms with Crippen molar-refractivity contribution in [3.8, 4) is 0 Å². The Morgan fingerprint density at radius 3 is 2.61 bits per heavy atom. The third kappa shape index (κ3) is 3.85. The molecule has 0 amide bonds. The number of hydrogen-bond donors (Lipinski definition) is 2. The van der Waals surface area contributed by atoms with Gasteiger partial charge >= 0.3 is 5.97 Å². The average Bonchev–Trinajstić information content (AvgIpc) is 2.35. The molecule has 5 nitrogen and oxygen atoms in total. The summed E-state index contributed by atoms with van der Waals surface area (Å²) < 4.78 is 4.74. The molecular weight excluding hydrogens is 230 g/mol. The van der Waals surface area contributed by atoms with Crippen LogP contribution >= 0.6 is 0 Å². The van der Waals surface area contributed by atoms with Gasteiger partial charge in [0.1, 0.15) is 5.70 Å². The minimum atomic E-state index is -0.451. The minimum absolute atomic E-state index is 0.301. The van der Waals surface area contributed by atoms with Crippen LogP contribution in [0.15, 0.2) is 35.6 Å². The first kappa shape index (κ1) is 14.2. The first-order valence-electron chi connectivity index (χ1n) is 5.71. The number of esters is 1.